The molecule has 1 aromatic carbocycles. The minimum atomic E-state index is 0. The van der Waals surface area contributed by atoms with Crippen molar-refractivity contribution in [2.75, 3.05) is 0 Å². The Balaban J connectivity index is 0.00000162. The van der Waals surface area contributed by atoms with E-state index in [2.05, 4.69) is 53.2 Å². The molecule has 4 heteroatoms. The van der Waals surface area contributed by atoms with Gasteiger partial charge in [0.25, 0.3) is 6.33 Å². The molecule has 0 unspecified atom stereocenters. The quantitative estimate of drug-likeness (QED) is 0.642. The second-order valence-electron chi connectivity index (χ2n) is 4.34. The molecule has 3 nitrogen and oxygen atoms in total. The van der Waals surface area contributed by atoms with Crippen LogP contribution in [0.4, 0.5) is 0 Å². The molecule has 98 valence electrons. The first-order valence-corrected chi connectivity index (χ1v) is 6.34. The van der Waals surface area contributed by atoms with Crippen molar-refractivity contribution in [3.63, 3.8) is 0 Å². The minimum absolute atomic E-state index is 0. The first kappa shape index (κ1) is 14.9. The average Bonchev–Trinajstić information content (AvgIpc) is 2.83. The van der Waals surface area contributed by atoms with Gasteiger partial charge in [-0.2, -0.15) is 0 Å². The molecule has 0 saturated heterocycles. The Labute approximate surface area is 119 Å². The van der Waals surface area contributed by atoms with Crippen LogP contribution in [0.1, 0.15) is 25.3 Å². The number of hydrogen-bond acceptors (Lipinski definition) is 1. The summed E-state index contributed by atoms with van der Waals surface area (Å²) in [5.74, 6) is 0. The first-order chi connectivity index (χ1) is 8.38. The van der Waals surface area contributed by atoms with Gasteiger partial charge in [0.05, 0.1) is 6.54 Å². The van der Waals surface area contributed by atoms with Gasteiger partial charge >= 0.3 is 0 Å². The molecule has 2 aromatic rings. The van der Waals surface area contributed by atoms with E-state index in [9.17, 15) is 0 Å². The zero-order valence-electron chi connectivity index (χ0n) is 10.8. The third-order valence-electron chi connectivity index (χ3n) is 2.87. The van der Waals surface area contributed by atoms with Crippen molar-refractivity contribution in [1.29, 1.82) is 0 Å². The van der Waals surface area contributed by atoms with Gasteiger partial charge in [-0.15, -0.1) is 4.68 Å². The summed E-state index contributed by atoms with van der Waals surface area (Å²) in [5.41, 5.74) is 1.38. The zero-order chi connectivity index (χ0) is 11.9. The van der Waals surface area contributed by atoms with Gasteiger partial charge < -0.3 is 17.0 Å². The van der Waals surface area contributed by atoms with E-state index in [4.69, 9.17) is 0 Å². The molecule has 0 aliphatic rings. The highest BCUT2D eigenvalue weighted by Crippen LogP contribution is 1.99. The largest absolute Gasteiger partial charge is 1.00 e. The molecule has 0 bridgehead atoms. The van der Waals surface area contributed by atoms with Gasteiger partial charge in [0.2, 0.25) is 6.33 Å². The van der Waals surface area contributed by atoms with Crippen LogP contribution in [0, 0.1) is 0 Å². The van der Waals surface area contributed by atoms with Gasteiger partial charge in [0.15, 0.2) is 0 Å². The van der Waals surface area contributed by atoms with Crippen LogP contribution in [0.2, 0.25) is 0 Å². The van der Waals surface area contributed by atoms with E-state index in [-0.39, 0.29) is 17.0 Å². The van der Waals surface area contributed by atoms with Crippen molar-refractivity contribution in [3.8, 4) is 0 Å². The number of unbranched alkanes of at least 4 members (excludes halogenated alkanes) is 1. The Kier molecular flexibility index (Phi) is 6.65. The van der Waals surface area contributed by atoms with Gasteiger partial charge in [-0.1, -0.05) is 43.7 Å². The highest BCUT2D eigenvalue weighted by Gasteiger charge is 2.04. The van der Waals surface area contributed by atoms with E-state index in [0.717, 1.165) is 19.5 Å². The van der Waals surface area contributed by atoms with Gasteiger partial charge in [0.1, 0.15) is 6.54 Å². The summed E-state index contributed by atoms with van der Waals surface area (Å²) >= 11 is 0. The fraction of sp³-hybridized carbons (Fsp3) is 0.429. The van der Waals surface area contributed by atoms with Crippen LogP contribution in [0.5, 0.6) is 0 Å². The molecule has 0 aliphatic carbocycles. The average molecular weight is 310 g/mol. The van der Waals surface area contributed by atoms with Crippen molar-refractivity contribution in [1.82, 2.24) is 9.78 Å². The lowest BCUT2D eigenvalue weighted by Gasteiger charge is -1.97. The monoisotopic (exact) mass is 309 g/mol. The maximum absolute atomic E-state index is 4.35. The molecule has 0 aliphatic heterocycles. The molecule has 0 spiro atoms. The number of halogens is 1. The Morgan fingerprint density at radius 3 is 2.72 bits per heavy atom. The Morgan fingerprint density at radius 1 is 1.22 bits per heavy atom. The molecule has 0 atom stereocenters. The predicted octanol–water partition coefficient (Wildman–Crippen LogP) is -0.783. The molecule has 2 rings (SSSR count). The molecule has 0 amide bonds. The SMILES string of the molecule is CCCCn1c[n+](CCc2ccccc2)cn1.[Br-]. The third kappa shape index (κ3) is 4.61. The summed E-state index contributed by atoms with van der Waals surface area (Å²) in [4.78, 5) is 0. The van der Waals surface area contributed by atoms with Gasteiger partial charge in [-0.25, -0.2) is 4.57 Å². The molecule has 0 radical (unpaired) electrons. The predicted molar refractivity (Wildman–Crippen MR) is 67.5 cm³/mol. The van der Waals surface area contributed by atoms with Crippen LogP contribution in [0.15, 0.2) is 43.0 Å². The van der Waals surface area contributed by atoms with Crippen LogP contribution in [0.25, 0.3) is 0 Å². The van der Waals surface area contributed by atoms with Gasteiger partial charge in [-0.05, 0) is 12.0 Å². The van der Waals surface area contributed by atoms with E-state index in [1.807, 2.05) is 11.0 Å². The van der Waals surface area contributed by atoms with E-state index >= 15 is 0 Å². The lowest BCUT2D eigenvalue weighted by molar-refractivity contribution is -0.697. The minimum Gasteiger partial charge on any atom is -1.00 e. The molecular weight excluding hydrogens is 290 g/mol. The molecular formula is C14H20BrN3. The van der Waals surface area contributed by atoms with Gasteiger partial charge in [0, 0.05) is 11.5 Å². The van der Waals surface area contributed by atoms with E-state index in [0.29, 0.717) is 0 Å². The number of nitrogens with zero attached hydrogens (tertiary/aromatic N) is 3. The number of benzene rings is 1. The van der Waals surface area contributed by atoms with Crippen LogP contribution in [-0.2, 0) is 19.5 Å². The van der Waals surface area contributed by atoms with Crippen LogP contribution < -0.4 is 21.5 Å². The van der Waals surface area contributed by atoms with Crippen molar-refractivity contribution in [2.45, 2.75) is 39.3 Å². The van der Waals surface area contributed by atoms with Crippen LogP contribution >= 0.6 is 0 Å². The van der Waals surface area contributed by atoms with Gasteiger partial charge in [-0.3, -0.25) is 0 Å². The lowest BCUT2D eigenvalue weighted by atomic mass is 10.1. The Bertz CT molecular complexity index is 439. The molecule has 1 aromatic heterocycles. The second-order valence-corrected chi connectivity index (χ2v) is 4.34. The summed E-state index contributed by atoms with van der Waals surface area (Å²) in [6.45, 7) is 4.22. The van der Waals surface area contributed by atoms with Crippen molar-refractivity contribution in [3.05, 3.63) is 48.5 Å². The summed E-state index contributed by atoms with van der Waals surface area (Å²) in [6.07, 6.45) is 7.48. The van der Waals surface area contributed by atoms with Crippen molar-refractivity contribution < 1.29 is 21.5 Å². The maximum Gasteiger partial charge on any atom is 0.265 e. The standard InChI is InChI=1S/C14H20N3.BrH/c1-2-3-10-17-13-16(12-15-17)11-9-14-7-5-4-6-8-14;/h4-8,12-13H,2-3,9-11H2,1H3;1H/q+1;/p-1. The molecule has 0 saturated carbocycles. The highest BCUT2D eigenvalue weighted by atomic mass is 79.9. The van der Waals surface area contributed by atoms with E-state index in [1.54, 1.807) is 0 Å². The molecule has 0 N–H and O–H groups in total. The van der Waals surface area contributed by atoms with Crippen LogP contribution in [-0.4, -0.2) is 9.78 Å². The topological polar surface area (TPSA) is 21.7 Å². The first-order valence-electron chi connectivity index (χ1n) is 6.34. The molecule has 1 heterocycles. The van der Waals surface area contributed by atoms with Crippen molar-refractivity contribution in [2.24, 2.45) is 0 Å². The number of aromatic nitrogens is 3. The Hall–Kier alpha value is -1.16. The smallest absolute Gasteiger partial charge is 0.265 e. The number of rotatable bonds is 6. The third-order valence-corrected chi connectivity index (χ3v) is 2.87. The number of hydrogen-bond donors (Lipinski definition) is 0. The highest BCUT2D eigenvalue weighted by molar-refractivity contribution is 5.14. The van der Waals surface area contributed by atoms with E-state index < -0.39 is 0 Å². The second kappa shape index (κ2) is 8.03. The normalized spacial score (nSPS) is 10.1. The molecule has 18 heavy (non-hydrogen) atoms. The Morgan fingerprint density at radius 2 is 2.00 bits per heavy atom. The fourth-order valence-corrected chi connectivity index (χ4v) is 1.82. The van der Waals surface area contributed by atoms with Crippen LogP contribution in [0.3, 0.4) is 0 Å². The fourth-order valence-electron chi connectivity index (χ4n) is 1.82. The summed E-state index contributed by atoms with van der Waals surface area (Å²) < 4.78 is 4.18. The number of aryl methyl sites for hydroxylation is 3. The summed E-state index contributed by atoms with van der Waals surface area (Å²) in [6, 6.07) is 10.6. The van der Waals surface area contributed by atoms with E-state index in [1.165, 1.54) is 18.4 Å². The summed E-state index contributed by atoms with van der Waals surface area (Å²) in [7, 11) is 0. The zero-order valence-corrected chi connectivity index (χ0v) is 12.4. The lowest BCUT2D eigenvalue weighted by Crippen LogP contribution is -3.00. The van der Waals surface area contributed by atoms with Crippen molar-refractivity contribution >= 4 is 0 Å². The maximum atomic E-state index is 4.35. The molecule has 0 fully saturated rings. The summed E-state index contributed by atoms with van der Waals surface area (Å²) in [5, 5.41) is 4.35.